The number of ether oxygens (including phenoxy) is 2. The van der Waals surface area contributed by atoms with Crippen LogP contribution in [0.5, 0.6) is 0 Å². The van der Waals surface area contributed by atoms with Gasteiger partial charge in [-0.25, -0.2) is 0 Å². The topological polar surface area (TPSA) is 72.8 Å². The van der Waals surface area contributed by atoms with Crippen LogP contribution in [0.25, 0.3) is 0 Å². The molecule has 2 fully saturated rings. The highest BCUT2D eigenvalue weighted by atomic mass is 16.5. The highest BCUT2D eigenvalue weighted by Crippen LogP contribution is 2.70. The Hall–Kier alpha value is -1.36. The Balaban J connectivity index is 1.62. The Bertz CT molecular complexity index is 887. The number of carbonyl (C=O) groups excluding carboxylic acids is 2. The van der Waals surface area contributed by atoms with Crippen molar-refractivity contribution in [2.24, 2.45) is 46.3 Å². The summed E-state index contributed by atoms with van der Waals surface area (Å²) in [5.74, 6) is 0.726. The summed E-state index contributed by atoms with van der Waals surface area (Å²) in [6.07, 6.45) is 11.1. The molecular weight excluding hydrogens is 452 g/mol. The van der Waals surface area contributed by atoms with Crippen molar-refractivity contribution >= 4 is 11.9 Å². The van der Waals surface area contributed by atoms with Crippen LogP contribution < -0.4 is 0 Å². The molecule has 0 aromatic carbocycles. The Morgan fingerprint density at radius 1 is 0.972 bits per heavy atom. The summed E-state index contributed by atoms with van der Waals surface area (Å²) in [6, 6.07) is 0. The number of rotatable bonds is 7. The van der Waals surface area contributed by atoms with Crippen LogP contribution in [0.15, 0.2) is 11.1 Å². The molecule has 0 heterocycles. The van der Waals surface area contributed by atoms with Gasteiger partial charge in [-0.05, 0) is 99.2 Å². The van der Waals surface area contributed by atoms with Gasteiger partial charge in [-0.2, -0.15) is 0 Å². The van der Waals surface area contributed by atoms with Gasteiger partial charge in [-0.3, -0.25) is 9.59 Å². The maximum Gasteiger partial charge on any atom is 0.311 e. The molecule has 36 heavy (non-hydrogen) atoms. The van der Waals surface area contributed by atoms with Crippen LogP contribution >= 0.6 is 0 Å². The lowest BCUT2D eigenvalue weighted by Gasteiger charge is -2.57. The molecule has 8 atom stereocenters. The lowest BCUT2D eigenvalue weighted by molar-refractivity contribution is -0.168. The molecule has 0 aliphatic heterocycles. The minimum Gasteiger partial charge on any atom is -0.469 e. The van der Waals surface area contributed by atoms with Gasteiger partial charge in [0.2, 0.25) is 0 Å². The van der Waals surface area contributed by atoms with Crippen molar-refractivity contribution in [1.82, 2.24) is 0 Å². The van der Waals surface area contributed by atoms with E-state index in [1.54, 1.807) is 18.3 Å². The number of fused-ring (bicyclic) bond motifs is 4. The van der Waals surface area contributed by atoms with Crippen molar-refractivity contribution in [3.05, 3.63) is 11.1 Å². The molecule has 204 valence electrons. The van der Waals surface area contributed by atoms with Crippen LogP contribution in [0.4, 0.5) is 0 Å². The number of carbonyl (C=O) groups is 2. The third kappa shape index (κ3) is 4.25. The Kier molecular flexibility index (Phi) is 7.74. The normalized spacial score (nSPS) is 40.8. The first-order valence-electron chi connectivity index (χ1n) is 14.5. The van der Waals surface area contributed by atoms with Gasteiger partial charge in [-0.15, -0.1) is 0 Å². The van der Waals surface area contributed by atoms with Gasteiger partial charge in [0.1, 0.15) is 0 Å². The predicted molar refractivity (Wildman–Crippen MR) is 141 cm³/mol. The molecule has 4 rings (SSSR count). The van der Waals surface area contributed by atoms with E-state index in [2.05, 4.69) is 27.7 Å². The molecule has 0 spiro atoms. The van der Waals surface area contributed by atoms with Gasteiger partial charge in [-0.1, -0.05) is 51.7 Å². The Morgan fingerprint density at radius 2 is 1.69 bits per heavy atom. The minimum atomic E-state index is -1.03. The van der Waals surface area contributed by atoms with Gasteiger partial charge in [0.15, 0.2) is 0 Å². The Labute approximate surface area is 218 Å². The van der Waals surface area contributed by atoms with E-state index in [0.717, 1.165) is 64.2 Å². The SMILES string of the molecule is COC(=O)[C@@H](CCCC(C)C)[C@@H]1CC[C@]2(C)C3=C(CC[C@@]12C)[C@H]1CC[C@H](C(=O)OC)[C@](C)(O)[C@@H]1CC3. The molecule has 0 unspecified atom stereocenters. The van der Waals surface area contributed by atoms with E-state index in [9.17, 15) is 14.7 Å². The minimum absolute atomic E-state index is 0.0182. The fourth-order valence-electron chi connectivity index (χ4n) is 9.40. The smallest absolute Gasteiger partial charge is 0.311 e. The van der Waals surface area contributed by atoms with Gasteiger partial charge < -0.3 is 14.6 Å². The zero-order valence-corrected chi connectivity index (χ0v) is 23.8. The monoisotopic (exact) mass is 502 g/mol. The molecule has 0 aromatic heterocycles. The van der Waals surface area contributed by atoms with E-state index < -0.39 is 11.5 Å². The lowest BCUT2D eigenvalue weighted by Crippen LogP contribution is -2.55. The average molecular weight is 503 g/mol. The van der Waals surface area contributed by atoms with Crippen molar-refractivity contribution < 1.29 is 24.2 Å². The number of esters is 2. The molecular formula is C31H50O5. The maximum absolute atomic E-state index is 13.0. The quantitative estimate of drug-likeness (QED) is 0.319. The van der Waals surface area contributed by atoms with Crippen molar-refractivity contribution in [3.63, 3.8) is 0 Å². The zero-order chi connectivity index (χ0) is 26.5. The van der Waals surface area contributed by atoms with E-state index in [4.69, 9.17) is 9.47 Å². The third-order valence-corrected chi connectivity index (χ3v) is 11.6. The first-order valence-corrected chi connectivity index (χ1v) is 14.5. The van der Waals surface area contributed by atoms with Crippen molar-refractivity contribution in [2.75, 3.05) is 14.2 Å². The highest BCUT2D eigenvalue weighted by Gasteiger charge is 2.63. The van der Waals surface area contributed by atoms with E-state index in [0.29, 0.717) is 24.2 Å². The predicted octanol–water partition coefficient (Wildman–Crippen LogP) is 6.48. The second-order valence-corrected chi connectivity index (χ2v) is 13.5. The number of allylic oxidation sites excluding steroid dienone is 2. The molecule has 0 bridgehead atoms. The number of hydrogen-bond donors (Lipinski definition) is 1. The van der Waals surface area contributed by atoms with Crippen LogP contribution in [0, 0.1) is 46.3 Å². The number of aliphatic hydroxyl groups is 1. The number of methoxy groups -OCH3 is 2. The second-order valence-electron chi connectivity index (χ2n) is 13.5. The molecule has 0 aromatic rings. The molecule has 4 aliphatic carbocycles. The first-order chi connectivity index (χ1) is 16.9. The average Bonchev–Trinajstić information content (AvgIpc) is 3.11. The summed E-state index contributed by atoms with van der Waals surface area (Å²) >= 11 is 0. The van der Waals surface area contributed by atoms with E-state index in [-0.39, 0.29) is 34.6 Å². The van der Waals surface area contributed by atoms with Gasteiger partial charge in [0, 0.05) is 0 Å². The molecule has 5 heteroatoms. The molecule has 2 saturated carbocycles. The van der Waals surface area contributed by atoms with Crippen molar-refractivity contribution in [1.29, 1.82) is 0 Å². The standard InChI is InChI=1S/C31H50O5/c1-19(2)9-8-10-22(27(32)35-6)24-16-18-30(4)23-13-14-25-20(21(23)15-17-29(24,30)3)11-12-26(28(33)36-7)31(25,5)34/h19-20,22,24-26,34H,8-18H2,1-7H3/t20-,22+,24+,25-,26-,29+,30-,31-/m1/s1. The summed E-state index contributed by atoms with van der Waals surface area (Å²) in [4.78, 5) is 25.5. The summed E-state index contributed by atoms with van der Waals surface area (Å²) in [7, 11) is 2.98. The molecule has 5 nitrogen and oxygen atoms in total. The van der Waals surface area contributed by atoms with Crippen LogP contribution in [-0.2, 0) is 19.1 Å². The lowest BCUT2D eigenvalue weighted by atomic mass is 9.47. The largest absolute Gasteiger partial charge is 0.469 e. The van der Waals surface area contributed by atoms with Crippen molar-refractivity contribution in [3.8, 4) is 0 Å². The molecule has 1 N–H and O–H groups in total. The van der Waals surface area contributed by atoms with Crippen LogP contribution in [-0.4, -0.2) is 36.9 Å². The fraction of sp³-hybridized carbons (Fsp3) is 0.871. The molecule has 0 amide bonds. The van der Waals surface area contributed by atoms with Crippen molar-refractivity contribution in [2.45, 2.75) is 111 Å². The Morgan fingerprint density at radius 3 is 2.33 bits per heavy atom. The summed E-state index contributed by atoms with van der Waals surface area (Å²) in [5.41, 5.74) is 2.34. The molecule has 4 aliphatic rings. The van der Waals surface area contributed by atoms with E-state index in [1.165, 1.54) is 7.11 Å². The van der Waals surface area contributed by atoms with Crippen LogP contribution in [0.2, 0.25) is 0 Å². The summed E-state index contributed by atoms with van der Waals surface area (Å²) in [5, 5.41) is 11.6. The first kappa shape index (κ1) is 27.7. The van der Waals surface area contributed by atoms with Gasteiger partial charge in [0.05, 0.1) is 31.7 Å². The van der Waals surface area contributed by atoms with Gasteiger partial charge >= 0.3 is 11.9 Å². The maximum atomic E-state index is 13.0. The summed E-state index contributed by atoms with van der Waals surface area (Å²) < 4.78 is 10.4. The number of hydrogen-bond acceptors (Lipinski definition) is 5. The zero-order valence-electron chi connectivity index (χ0n) is 23.8. The third-order valence-electron chi connectivity index (χ3n) is 11.6. The van der Waals surface area contributed by atoms with E-state index >= 15 is 0 Å². The van der Waals surface area contributed by atoms with Crippen LogP contribution in [0.3, 0.4) is 0 Å². The highest BCUT2D eigenvalue weighted by molar-refractivity contribution is 5.74. The molecule has 0 radical (unpaired) electrons. The fourth-order valence-corrected chi connectivity index (χ4v) is 9.40. The second kappa shape index (κ2) is 10.1. The van der Waals surface area contributed by atoms with Crippen LogP contribution in [0.1, 0.15) is 105 Å². The van der Waals surface area contributed by atoms with Gasteiger partial charge in [0.25, 0.3) is 0 Å². The summed E-state index contributed by atoms with van der Waals surface area (Å²) in [6.45, 7) is 11.3. The molecule has 0 saturated heterocycles. The van der Waals surface area contributed by atoms with E-state index in [1.807, 2.05) is 6.92 Å².